The van der Waals surface area contributed by atoms with E-state index in [1.54, 1.807) is 0 Å². The van der Waals surface area contributed by atoms with E-state index < -0.39 is 19.5 Å². The van der Waals surface area contributed by atoms with E-state index in [1.807, 2.05) is 25.1 Å². The molecule has 0 spiro atoms. The summed E-state index contributed by atoms with van der Waals surface area (Å²) in [4.78, 5) is 0. The lowest BCUT2D eigenvalue weighted by Crippen LogP contribution is -2.35. The highest BCUT2D eigenvalue weighted by molar-refractivity contribution is 7.95. The molecule has 34 heavy (non-hydrogen) atoms. The highest BCUT2D eigenvalue weighted by atomic mass is 31.2. The van der Waals surface area contributed by atoms with E-state index in [0.717, 1.165) is 17.3 Å². The van der Waals surface area contributed by atoms with Gasteiger partial charge in [0.1, 0.15) is 35.4 Å². The quantitative estimate of drug-likeness (QED) is 0.383. The number of ether oxygens (including phenoxy) is 2. The number of aliphatic hydroxyl groups excluding tert-OH is 2. The van der Waals surface area contributed by atoms with E-state index in [4.69, 9.17) is 9.47 Å². The van der Waals surface area contributed by atoms with Crippen LogP contribution < -0.4 is 15.9 Å². The van der Waals surface area contributed by atoms with Crippen LogP contribution in [0.2, 0.25) is 0 Å². The molecule has 1 aliphatic rings. The molecule has 0 heterocycles. The lowest BCUT2D eigenvalue weighted by Gasteiger charge is -2.32. The van der Waals surface area contributed by atoms with Crippen LogP contribution in [0, 0.1) is 0 Å². The van der Waals surface area contributed by atoms with Crippen LogP contribution in [0.5, 0.6) is 0 Å². The molecule has 3 aromatic carbocycles. The first-order valence-corrected chi connectivity index (χ1v) is 13.4. The van der Waals surface area contributed by atoms with E-state index >= 15 is 0 Å². The van der Waals surface area contributed by atoms with Crippen molar-refractivity contribution in [2.24, 2.45) is 0 Å². The molecule has 4 rings (SSSR count). The van der Waals surface area contributed by atoms with Crippen molar-refractivity contribution in [3.05, 3.63) is 114 Å². The molecule has 0 amide bonds. The fourth-order valence-electron chi connectivity index (χ4n) is 4.94. The zero-order valence-electron chi connectivity index (χ0n) is 19.9. The number of rotatable bonds is 8. The minimum atomic E-state index is -2.06. The summed E-state index contributed by atoms with van der Waals surface area (Å²) in [6, 6.07) is 32.0. The van der Waals surface area contributed by atoms with E-state index in [-0.39, 0.29) is 11.5 Å². The third-order valence-corrected chi connectivity index (χ3v) is 11.2. The number of benzene rings is 3. The van der Waals surface area contributed by atoms with Crippen LogP contribution in [0.1, 0.15) is 13.3 Å². The molecule has 0 radical (unpaired) electrons. The summed E-state index contributed by atoms with van der Waals surface area (Å²) in [5.41, 5.74) is 1.51. The number of aliphatic hydroxyl groups is 2. The number of hydrogen-bond donors (Lipinski definition) is 2. The zero-order chi connectivity index (χ0) is 24.1. The maximum absolute atomic E-state index is 11.2. The Morgan fingerprint density at radius 1 is 0.647 bits per heavy atom. The van der Waals surface area contributed by atoms with Gasteiger partial charge in [-0.05, 0) is 54.5 Å². The molecule has 5 heteroatoms. The smallest absolute Gasteiger partial charge is 0.169 e. The summed E-state index contributed by atoms with van der Waals surface area (Å²) in [6.45, 7) is 1.86. The maximum Gasteiger partial charge on any atom is 0.169 e. The van der Waals surface area contributed by atoms with Crippen LogP contribution in [0.4, 0.5) is 0 Å². The first-order chi connectivity index (χ1) is 16.5. The van der Waals surface area contributed by atoms with Gasteiger partial charge in [0.15, 0.2) is 11.5 Å². The third-order valence-electron chi connectivity index (χ3n) is 6.73. The van der Waals surface area contributed by atoms with E-state index in [1.165, 1.54) is 30.1 Å². The number of hydrogen-bond acceptors (Lipinski definition) is 4. The molecule has 4 nitrogen and oxygen atoms in total. The second-order valence-electron chi connectivity index (χ2n) is 8.44. The van der Waals surface area contributed by atoms with Gasteiger partial charge in [-0.25, -0.2) is 0 Å². The van der Waals surface area contributed by atoms with Gasteiger partial charge in [0.25, 0.3) is 0 Å². The topological polar surface area (TPSA) is 58.9 Å². The van der Waals surface area contributed by atoms with Gasteiger partial charge < -0.3 is 19.7 Å². The van der Waals surface area contributed by atoms with Gasteiger partial charge in [-0.15, -0.1) is 0 Å². The summed E-state index contributed by atoms with van der Waals surface area (Å²) in [7, 11) is 0.925. The Kier molecular flexibility index (Phi) is 7.53. The van der Waals surface area contributed by atoms with Crippen LogP contribution in [0.25, 0.3) is 0 Å². The molecule has 176 valence electrons. The van der Waals surface area contributed by atoms with Gasteiger partial charge in [-0.1, -0.05) is 54.6 Å². The summed E-state index contributed by atoms with van der Waals surface area (Å²) in [5, 5.41) is 26.0. The molecule has 1 aliphatic carbocycles. The van der Waals surface area contributed by atoms with E-state index in [2.05, 4.69) is 72.8 Å². The predicted octanol–water partition coefficient (Wildman–Crippen LogP) is 3.93. The van der Waals surface area contributed by atoms with Crippen molar-refractivity contribution in [2.45, 2.75) is 25.6 Å². The molecule has 0 aromatic heterocycles. The average Bonchev–Trinajstić information content (AvgIpc) is 2.90. The van der Waals surface area contributed by atoms with Gasteiger partial charge in [-0.2, -0.15) is 0 Å². The van der Waals surface area contributed by atoms with Crippen molar-refractivity contribution in [3.63, 3.8) is 0 Å². The van der Waals surface area contributed by atoms with Gasteiger partial charge in [-0.3, -0.25) is 0 Å². The van der Waals surface area contributed by atoms with Crippen molar-refractivity contribution < 1.29 is 19.7 Å². The summed E-state index contributed by atoms with van der Waals surface area (Å²) in [6.07, 6.45) is -0.468. The Bertz CT molecular complexity index is 1060. The fraction of sp³-hybridized carbons (Fsp3) is 0.241. The van der Waals surface area contributed by atoms with Gasteiger partial charge in [0.05, 0.1) is 20.4 Å². The van der Waals surface area contributed by atoms with Gasteiger partial charge in [0, 0.05) is 6.42 Å². The van der Waals surface area contributed by atoms with Gasteiger partial charge in [0.2, 0.25) is 0 Å². The Hall–Kier alpha value is -2.91. The Morgan fingerprint density at radius 2 is 1.03 bits per heavy atom. The Labute approximate surface area is 202 Å². The normalized spacial score (nSPS) is 18.7. The van der Waals surface area contributed by atoms with Crippen molar-refractivity contribution in [3.8, 4) is 0 Å². The van der Waals surface area contributed by atoms with E-state index in [9.17, 15) is 10.2 Å². The standard InChI is InChI=1S/C29H32O4P/c1-21-25(27(31)29(33-3)28(32-2)26(21)30)19-20-34(22-13-7-4-8-14-22,23-15-9-5-10-16-23)24-17-11-6-12-18-24/h4-18,26-27,30-31H,19-20H2,1-3H3/q+1. The van der Waals surface area contributed by atoms with Crippen molar-refractivity contribution in [2.75, 3.05) is 20.4 Å². The summed E-state index contributed by atoms with van der Waals surface area (Å²) >= 11 is 0. The minimum Gasteiger partial charge on any atom is -0.494 e. The monoisotopic (exact) mass is 475 g/mol. The van der Waals surface area contributed by atoms with Crippen LogP contribution in [0.15, 0.2) is 114 Å². The number of methoxy groups -OCH3 is 2. The molecule has 0 saturated heterocycles. The summed E-state index contributed by atoms with van der Waals surface area (Å²) < 4.78 is 10.8. The second-order valence-corrected chi connectivity index (χ2v) is 12.1. The predicted molar refractivity (Wildman–Crippen MR) is 140 cm³/mol. The highest BCUT2D eigenvalue weighted by Crippen LogP contribution is 2.56. The molecule has 0 saturated carbocycles. The van der Waals surface area contributed by atoms with Crippen molar-refractivity contribution in [1.82, 2.24) is 0 Å². The van der Waals surface area contributed by atoms with E-state index in [0.29, 0.717) is 6.42 Å². The average molecular weight is 476 g/mol. The Balaban J connectivity index is 1.84. The molecular formula is C29H32O4P+. The SMILES string of the molecule is COC1=C(OC)C(O)C(CC[P+](c2ccccc2)(c2ccccc2)c2ccccc2)=C(C)C1O. The second kappa shape index (κ2) is 10.6. The van der Waals surface area contributed by atoms with Crippen molar-refractivity contribution in [1.29, 1.82) is 0 Å². The van der Waals surface area contributed by atoms with Crippen LogP contribution in [-0.4, -0.2) is 42.8 Å². The highest BCUT2D eigenvalue weighted by Gasteiger charge is 2.46. The zero-order valence-corrected chi connectivity index (χ0v) is 20.8. The first-order valence-electron chi connectivity index (χ1n) is 11.5. The third kappa shape index (κ3) is 4.30. The van der Waals surface area contributed by atoms with Crippen molar-refractivity contribution >= 4 is 23.2 Å². The minimum absolute atomic E-state index is 0.270. The lowest BCUT2D eigenvalue weighted by molar-refractivity contribution is 0.0790. The molecule has 0 fully saturated rings. The molecule has 2 unspecified atom stereocenters. The van der Waals surface area contributed by atoms with Gasteiger partial charge >= 0.3 is 0 Å². The van der Waals surface area contributed by atoms with Crippen LogP contribution >= 0.6 is 7.26 Å². The molecule has 3 aromatic rings. The molecular weight excluding hydrogens is 443 g/mol. The van der Waals surface area contributed by atoms with Crippen LogP contribution in [-0.2, 0) is 9.47 Å². The largest absolute Gasteiger partial charge is 0.494 e. The molecule has 2 atom stereocenters. The van der Waals surface area contributed by atoms with Crippen LogP contribution in [0.3, 0.4) is 0 Å². The molecule has 2 N–H and O–H groups in total. The Morgan fingerprint density at radius 3 is 1.41 bits per heavy atom. The molecule has 0 bridgehead atoms. The fourth-order valence-corrected chi connectivity index (χ4v) is 9.23. The first kappa shape index (κ1) is 24.2. The maximum atomic E-state index is 11.2. The lowest BCUT2D eigenvalue weighted by atomic mass is 9.89. The summed E-state index contributed by atoms with van der Waals surface area (Å²) in [5.74, 6) is 0.546. The molecule has 0 aliphatic heterocycles.